The summed E-state index contributed by atoms with van der Waals surface area (Å²) in [7, 11) is 0. The highest BCUT2D eigenvalue weighted by Crippen LogP contribution is 2.30. The van der Waals surface area contributed by atoms with Crippen LogP contribution >= 0.6 is 0 Å². The summed E-state index contributed by atoms with van der Waals surface area (Å²) in [6.45, 7) is 0.288. The van der Waals surface area contributed by atoms with Crippen LogP contribution in [0, 0.1) is 0 Å². The lowest BCUT2D eigenvalue weighted by atomic mass is 10.2. The molecule has 1 heterocycles. The molecule has 3 N–H and O–H groups in total. The highest BCUT2D eigenvalue weighted by molar-refractivity contribution is 6.03. The Bertz CT molecular complexity index is 335. The molecule has 0 bridgehead atoms. The molecule has 4 nitrogen and oxygen atoms in total. The fourth-order valence-electron chi connectivity index (χ4n) is 1.19. The van der Waals surface area contributed by atoms with Crippen LogP contribution in [0.15, 0.2) is 18.2 Å². The highest BCUT2D eigenvalue weighted by atomic mass is 16.2. The molecule has 0 fully saturated rings. The summed E-state index contributed by atoms with van der Waals surface area (Å²) in [5.41, 5.74) is 9.22. The number of hydrogen-bond donors (Lipinski definition) is 2. The van der Waals surface area contributed by atoms with Gasteiger partial charge in [-0.1, -0.05) is 6.07 Å². The Labute approximate surface area is 69.8 Å². The van der Waals surface area contributed by atoms with Gasteiger partial charge in [-0.2, -0.15) is 0 Å². The number of para-hydroxylation sites is 1. The zero-order chi connectivity index (χ0) is 8.55. The molecular weight excluding hydrogens is 154 g/mol. The molecule has 0 atom stereocenters. The Morgan fingerprint density at radius 2 is 2.25 bits per heavy atom. The van der Waals surface area contributed by atoms with Gasteiger partial charge < -0.3 is 10.6 Å². The normalized spacial score (nSPS) is 14.5. The van der Waals surface area contributed by atoms with E-state index in [-0.39, 0.29) is 12.5 Å². The molecule has 0 saturated carbocycles. The van der Waals surface area contributed by atoms with Gasteiger partial charge in [-0.3, -0.25) is 10.5 Å². The van der Waals surface area contributed by atoms with Crippen LogP contribution in [0.25, 0.3) is 0 Å². The zero-order valence-electron chi connectivity index (χ0n) is 6.35. The number of carbonyl (C=O) groups is 1. The standard InChI is InChI=1S/C8H8N3O/c9-5-2-1-3-6-8(5)11-7(12)4-10-6/h1-3,9-10H,4H2,(H,11,12). The maximum Gasteiger partial charge on any atom is 0.243 e. The zero-order valence-corrected chi connectivity index (χ0v) is 6.35. The summed E-state index contributed by atoms with van der Waals surface area (Å²) >= 11 is 0. The summed E-state index contributed by atoms with van der Waals surface area (Å²) < 4.78 is 0. The van der Waals surface area contributed by atoms with Gasteiger partial charge in [-0.05, 0) is 12.1 Å². The summed E-state index contributed by atoms with van der Waals surface area (Å²) in [6.07, 6.45) is 0. The SMILES string of the molecule is [NH]c1cccc2c1NC(=O)CN2. The number of fused-ring (bicyclic) bond motifs is 1. The fourth-order valence-corrected chi connectivity index (χ4v) is 1.19. The molecule has 1 aromatic carbocycles. The lowest BCUT2D eigenvalue weighted by Gasteiger charge is -2.19. The van der Waals surface area contributed by atoms with E-state index in [1.54, 1.807) is 12.1 Å². The molecule has 61 valence electrons. The first-order valence-electron chi connectivity index (χ1n) is 3.66. The molecule has 0 spiro atoms. The molecule has 2 rings (SSSR count). The molecule has 0 aromatic heterocycles. The van der Waals surface area contributed by atoms with E-state index in [1.165, 1.54) is 0 Å². The first-order valence-corrected chi connectivity index (χ1v) is 3.66. The average Bonchev–Trinajstić information content (AvgIpc) is 2.07. The van der Waals surface area contributed by atoms with Gasteiger partial charge in [0, 0.05) is 0 Å². The van der Waals surface area contributed by atoms with Crippen LogP contribution in [0.2, 0.25) is 0 Å². The number of rotatable bonds is 0. The topological polar surface area (TPSA) is 64.9 Å². The van der Waals surface area contributed by atoms with E-state index < -0.39 is 0 Å². The minimum Gasteiger partial charge on any atom is -0.374 e. The number of carbonyl (C=O) groups excluding carboxylic acids is 1. The lowest BCUT2D eigenvalue weighted by Crippen LogP contribution is -2.27. The molecule has 0 saturated heterocycles. The number of amides is 1. The molecule has 1 amide bonds. The summed E-state index contributed by atoms with van der Waals surface area (Å²) in [6, 6.07) is 5.27. The van der Waals surface area contributed by atoms with Crippen molar-refractivity contribution in [3.8, 4) is 0 Å². The summed E-state index contributed by atoms with van der Waals surface area (Å²) in [5.74, 6) is -0.0952. The molecule has 0 aliphatic carbocycles. The van der Waals surface area contributed by atoms with E-state index in [2.05, 4.69) is 10.6 Å². The maximum absolute atomic E-state index is 10.9. The smallest absolute Gasteiger partial charge is 0.243 e. The Kier molecular flexibility index (Phi) is 1.40. The second kappa shape index (κ2) is 2.41. The van der Waals surface area contributed by atoms with E-state index >= 15 is 0 Å². The van der Waals surface area contributed by atoms with Gasteiger partial charge in [-0.25, -0.2) is 0 Å². The van der Waals surface area contributed by atoms with Gasteiger partial charge in [0.2, 0.25) is 5.91 Å². The summed E-state index contributed by atoms with van der Waals surface area (Å²) in [5, 5.41) is 5.56. The van der Waals surface area contributed by atoms with Gasteiger partial charge in [0.1, 0.15) is 0 Å². The third kappa shape index (κ3) is 0.972. The third-order valence-corrected chi connectivity index (χ3v) is 1.77. The molecule has 4 heteroatoms. The Morgan fingerprint density at radius 3 is 3.08 bits per heavy atom. The monoisotopic (exact) mass is 162 g/mol. The number of benzene rings is 1. The molecule has 1 aromatic rings. The van der Waals surface area contributed by atoms with Crippen LogP contribution in [0.4, 0.5) is 17.1 Å². The van der Waals surface area contributed by atoms with Crippen LogP contribution in [0.5, 0.6) is 0 Å². The van der Waals surface area contributed by atoms with E-state index in [0.717, 1.165) is 5.69 Å². The molecule has 1 aliphatic heterocycles. The minimum atomic E-state index is -0.0952. The first-order chi connectivity index (χ1) is 5.77. The molecule has 1 radical (unpaired) electrons. The van der Waals surface area contributed by atoms with E-state index in [1.807, 2.05) is 6.07 Å². The van der Waals surface area contributed by atoms with Crippen LogP contribution in [0.3, 0.4) is 0 Å². The predicted octanol–water partition coefficient (Wildman–Crippen LogP) is 0.965. The largest absolute Gasteiger partial charge is 0.374 e. The van der Waals surface area contributed by atoms with Crippen LogP contribution < -0.4 is 16.4 Å². The van der Waals surface area contributed by atoms with Gasteiger partial charge in [0.25, 0.3) is 0 Å². The van der Waals surface area contributed by atoms with Crippen molar-refractivity contribution in [2.24, 2.45) is 0 Å². The molecule has 0 unspecified atom stereocenters. The quantitative estimate of drug-likeness (QED) is 0.596. The van der Waals surface area contributed by atoms with Crippen molar-refractivity contribution in [2.75, 3.05) is 17.2 Å². The number of nitrogens with one attached hydrogen (secondary N) is 3. The molecular formula is C8H8N3O. The van der Waals surface area contributed by atoms with Crippen LogP contribution in [-0.4, -0.2) is 12.5 Å². The Balaban J connectivity index is 2.50. The first kappa shape index (κ1) is 6.97. The van der Waals surface area contributed by atoms with Crippen LogP contribution in [-0.2, 0) is 4.79 Å². The highest BCUT2D eigenvalue weighted by Gasteiger charge is 2.15. The third-order valence-electron chi connectivity index (χ3n) is 1.77. The van der Waals surface area contributed by atoms with Crippen molar-refractivity contribution < 1.29 is 4.79 Å². The second-order valence-corrected chi connectivity index (χ2v) is 2.63. The van der Waals surface area contributed by atoms with E-state index in [9.17, 15) is 4.79 Å². The van der Waals surface area contributed by atoms with Crippen molar-refractivity contribution >= 4 is 23.0 Å². The van der Waals surface area contributed by atoms with Gasteiger partial charge in [0.05, 0.1) is 23.6 Å². The van der Waals surface area contributed by atoms with Crippen LogP contribution in [0.1, 0.15) is 0 Å². The second-order valence-electron chi connectivity index (χ2n) is 2.63. The molecule has 12 heavy (non-hydrogen) atoms. The maximum atomic E-state index is 10.9. The van der Waals surface area contributed by atoms with Crippen molar-refractivity contribution in [1.82, 2.24) is 5.73 Å². The van der Waals surface area contributed by atoms with Crippen molar-refractivity contribution in [3.05, 3.63) is 18.2 Å². The van der Waals surface area contributed by atoms with Gasteiger partial charge >= 0.3 is 0 Å². The lowest BCUT2D eigenvalue weighted by molar-refractivity contribution is -0.114. The number of anilines is 2. The average molecular weight is 162 g/mol. The van der Waals surface area contributed by atoms with Crippen molar-refractivity contribution in [1.29, 1.82) is 0 Å². The summed E-state index contributed by atoms with van der Waals surface area (Å²) in [4.78, 5) is 10.9. The Morgan fingerprint density at radius 1 is 1.42 bits per heavy atom. The Hall–Kier alpha value is -1.71. The van der Waals surface area contributed by atoms with E-state index in [0.29, 0.717) is 11.4 Å². The minimum absolute atomic E-state index is 0.0952. The number of hydrogen-bond acceptors (Lipinski definition) is 2. The molecule has 1 aliphatic rings. The fraction of sp³-hybridized carbons (Fsp3) is 0.125. The van der Waals surface area contributed by atoms with E-state index in [4.69, 9.17) is 5.73 Å². The van der Waals surface area contributed by atoms with Gasteiger partial charge in [0.15, 0.2) is 0 Å². The van der Waals surface area contributed by atoms with Crippen molar-refractivity contribution in [3.63, 3.8) is 0 Å². The van der Waals surface area contributed by atoms with Crippen molar-refractivity contribution in [2.45, 2.75) is 0 Å². The van der Waals surface area contributed by atoms with Gasteiger partial charge in [-0.15, -0.1) is 0 Å². The predicted molar refractivity (Wildman–Crippen MR) is 46.3 cm³/mol.